The summed E-state index contributed by atoms with van der Waals surface area (Å²) in [6, 6.07) is -1.07. The fourth-order valence-corrected chi connectivity index (χ4v) is 4.54. The van der Waals surface area contributed by atoms with E-state index in [1.807, 2.05) is 0 Å². The van der Waals surface area contributed by atoms with Crippen molar-refractivity contribution in [1.29, 1.82) is 0 Å². The molecular formula is C22H10F12Sn. The van der Waals surface area contributed by atoms with Crippen molar-refractivity contribution in [1.82, 2.24) is 0 Å². The Morgan fingerprint density at radius 3 is 0.886 bits per heavy atom. The molecule has 0 aliphatic rings. The molecule has 35 heavy (non-hydrogen) atoms. The van der Waals surface area contributed by atoms with E-state index in [9.17, 15) is 26.3 Å². The van der Waals surface area contributed by atoms with Crippen LogP contribution in [0.15, 0.2) is 18.2 Å². The van der Waals surface area contributed by atoms with Crippen LogP contribution in [0.2, 0.25) is 4.44 Å². The summed E-state index contributed by atoms with van der Waals surface area (Å²) >= 11 is 0.311. The van der Waals surface area contributed by atoms with Gasteiger partial charge in [0, 0.05) is 0 Å². The second kappa shape index (κ2) is 9.94. The van der Waals surface area contributed by atoms with Crippen molar-refractivity contribution in [2.45, 2.75) is 22.7 Å². The molecule has 3 aromatic rings. The van der Waals surface area contributed by atoms with Gasteiger partial charge in [-0.25, -0.2) is 0 Å². The molecule has 0 saturated heterocycles. The van der Waals surface area contributed by atoms with E-state index in [1.54, 1.807) is 0 Å². The van der Waals surface area contributed by atoms with Gasteiger partial charge in [-0.3, -0.25) is 0 Å². The Labute approximate surface area is 202 Å². The van der Waals surface area contributed by atoms with E-state index in [0.717, 1.165) is 0 Å². The van der Waals surface area contributed by atoms with Crippen LogP contribution in [0.4, 0.5) is 52.7 Å². The summed E-state index contributed by atoms with van der Waals surface area (Å²) in [6.07, 6.45) is -1.76. The molecule has 0 atom stereocenters. The molecule has 0 amide bonds. The van der Waals surface area contributed by atoms with E-state index in [0.29, 0.717) is 22.5 Å². The second-order valence-electron chi connectivity index (χ2n) is 7.33. The van der Waals surface area contributed by atoms with Crippen molar-refractivity contribution in [3.63, 3.8) is 0 Å². The predicted octanol–water partition coefficient (Wildman–Crippen LogP) is 6.79. The zero-order chi connectivity index (χ0) is 26.4. The van der Waals surface area contributed by atoms with E-state index in [-0.39, 0.29) is 22.6 Å². The number of benzene rings is 3. The van der Waals surface area contributed by atoms with E-state index < -0.39 is 105 Å². The normalized spacial score (nSPS) is 11.9. The Balaban J connectivity index is 2.79. The third kappa shape index (κ3) is 4.27. The molecule has 3 aromatic carbocycles. The molecule has 0 bridgehead atoms. The van der Waals surface area contributed by atoms with Gasteiger partial charge >= 0.3 is 203 Å². The summed E-state index contributed by atoms with van der Waals surface area (Å²) in [4.78, 5) is 0. The van der Waals surface area contributed by atoms with Gasteiger partial charge in [0.15, 0.2) is 0 Å². The van der Waals surface area contributed by atoms with Gasteiger partial charge < -0.3 is 0 Å². The number of hydrogen-bond donors (Lipinski definition) is 0. The fourth-order valence-electron chi connectivity index (χ4n) is 3.96. The van der Waals surface area contributed by atoms with Crippen molar-refractivity contribution < 1.29 is 52.7 Å². The standard InChI is InChI=1S/C22H9F12.Sn.H/c1-2-3-22(13-16(29)7(23)4-8(24)17(13)30,14-18(31)9(25)5-10(26)19(14)32)15-20(33)11(27)6-12(28)21(15)34;;/h4-6H,1-3H2;;. The first-order chi connectivity index (χ1) is 16.3. The van der Waals surface area contributed by atoms with Gasteiger partial charge in [0.1, 0.15) is 0 Å². The van der Waals surface area contributed by atoms with Crippen LogP contribution in [0.25, 0.3) is 0 Å². The Morgan fingerprint density at radius 1 is 0.457 bits per heavy atom. The van der Waals surface area contributed by atoms with Crippen molar-refractivity contribution >= 4 is 22.5 Å². The molecule has 0 saturated carbocycles. The van der Waals surface area contributed by atoms with Crippen molar-refractivity contribution in [2.75, 3.05) is 0 Å². The van der Waals surface area contributed by atoms with E-state index >= 15 is 26.3 Å². The summed E-state index contributed by atoms with van der Waals surface area (Å²) in [5, 5.41) is 0. The number of halogens is 12. The summed E-state index contributed by atoms with van der Waals surface area (Å²) in [6.45, 7) is 0. The molecule has 3 rings (SSSR count). The van der Waals surface area contributed by atoms with Gasteiger partial charge in [0.2, 0.25) is 0 Å². The van der Waals surface area contributed by atoms with Crippen LogP contribution < -0.4 is 0 Å². The third-order valence-electron chi connectivity index (χ3n) is 5.37. The third-order valence-corrected chi connectivity index (χ3v) is 6.54. The summed E-state index contributed by atoms with van der Waals surface area (Å²) < 4.78 is 175. The second-order valence-corrected chi connectivity index (χ2v) is 8.97. The minimum absolute atomic E-state index is 0.0237. The molecule has 0 fully saturated rings. The van der Waals surface area contributed by atoms with Crippen LogP contribution >= 0.6 is 0 Å². The predicted molar refractivity (Wildman–Crippen MR) is 99.9 cm³/mol. The summed E-state index contributed by atoms with van der Waals surface area (Å²) in [5.41, 5.74) is -10.3. The van der Waals surface area contributed by atoms with Crippen molar-refractivity contribution in [3.05, 3.63) is 105 Å². The van der Waals surface area contributed by atoms with Crippen LogP contribution in [0.5, 0.6) is 0 Å². The Hall–Kier alpha value is -2.38. The summed E-state index contributed by atoms with van der Waals surface area (Å²) in [5.74, 6) is -28.2. The quantitative estimate of drug-likeness (QED) is 0.123. The maximum absolute atomic E-state index is 15.0. The molecule has 2 radical (unpaired) electrons. The van der Waals surface area contributed by atoms with Gasteiger partial charge in [0.25, 0.3) is 0 Å². The molecule has 0 spiro atoms. The first kappa shape index (κ1) is 27.2. The molecule has 0 heterocycles. The van der Waals surface area contributed by atoms with E-state index in [1.165, 1.54) is 0 Å². The Kier molecular flexibility index (Phi) is 7.73. The molecule has 0 aliphatic carbocycles. The molecule has 186 valence electrons. The molecule has 13 heteroatoms. The van der Waals surface area contributed by atoms with Gasteiger partial charge in [-0.2, -0.15) is 0 Å². The molecule has 0 nitrogen and oxygen atoms in total. The van der Waals surface area contributed by atoms with Crippen molar-refractivity contribution in [2.24, 2.45) is 0 Å². The van der Waals surface area contributed by atoms with Gasteiger partial charge in [0.05, 0.1) is 0 Å². The fraction of sp³-hybridized carbons (Fsp3) is 0.182. The van der Waals surface area contributed by atoms with Crippen molar-refractivity contribution in [3.8, 4) is 0 Å². The van der Waals surface area contributed by atoms with Gasteiger partial charge in [-0.15, -0.1) is 0 Å². The topological polar surface area (TPSA) is 0 Å². The Bertz CT molecular complexity index is 1090. The average molecular weight is 621 g/mol. The van der Waals surface area contributed by atoms with Crippen LogP contribution in [-0.2, 0) is 5.41 Å². The molecule has 0 unspecified atom stereocenters. The zero-order valence-electron chi connectivity index (χ0n) is 17.0. The average Bonchev–Trinajstić information content (AvgIpc) is 2.79. The SMILES string of the molecule is Fc1cc(F)c(F)c(C(CC[CH2][SnH])(c2c(F)c(F)cc(F)c2F)c2c(F)c(F)cc(F)c2F)c1F. The van der Waals surface area contributed by atoms with Crippen LogP contribution in [0.3, 0.4) is 0 Å². The molecule has 0 N–H and O–H groups in total. The number of hydrogen-bond acceptors (Lipinski definition) is 0. The first-order valence-electron chi connectivity index (χ1n) is 9.51. The van der Waals surface area contributed by atoms with Crippen LogP contribution in [0, 0.1) is 69.8 Å². The zero-order valence-corrected chi connectivity index (χ0v) is 20.3. The van der Waals surface area contributed by atoms with Gasteiger partial charge in [-0.1, -0.05) is 0 Å². The van der Waals surface area contributed by atoms with Gasteiger partial charge in [-0.05, 0) is 0 Å². The number of rotatable bonds is 6. The van der Waals surface area contributed by atoms with Crippen LogP contribution in [-0.4, -0.2) is 22.5 Å². The molecule has 0 aromatic heterocycles. The monoisotopic (exact) mass is 622 g/mol. The van der Waals surface area contributed by atoms with Crippen LogP contribution in [0.1, 0.15) is 29.5 Å². The molecular weight excluding hydrogens is 611 g/mol. The maximum atomic E-state index is 15.0. The molecule has 0 aliphatic heterocycles. The Morgan fingerprint density at radius 2 is 0.686 bits per heavy atom. The minimum atomic E-state index is -3.85. The van der Waals surface area contributed by atoms with E-state index in [4.69, 9.17) is 0 Å². The van der Waals surface area contributed by atoms with E-state index in [2.05, 4.69) is 0 Å². The first-order valence-corrected chi connectivity index (χ1v) is 11.8. The summed E-state index contributed by atoms with van der Waals surface area (Å²) in [7, 11) is 0.